The van der Waals surface area contributed by atoms with Gasteiger partial charge in [0.05, 0.1) is 5.69 Å². The number of hydrogen-bond acceptors (Lipinski definition) is 5. The molecule has 30 heavy (non-hydrogen) atoms. The number of halogens is 3. The zero-order valence-corrected chi connectivity index (χ0v) is 15.8. The van der Waals surface area contributed by atoms with Crippen molar-refractivity contribution < 1.29 is 37.0 Å². The summed E-state index contributed by atoms with van der Waals surface area (Å²) in [4.78, 5) is 37.6. The third kappa shape index (κ3) is 5.28. The standard InChI is InChI=1S/C20H17F3N2O5/c1-25-15-9-12(5-7-17(15)29-11-19(25)28)16(26)6-8-18(27)24-13-3-2-4-14(10-13)30-20(21,22)23/h2-5,7,9-10H,6,8,11H2,1H3,(H,24,27). The first-order valence-electron chi connectivity index (χ1n) is 8.84. The van der Waals surface area contributed by atoms with E-state index in [0.717, 1.165) is 12.1 Å². The molecule has 158 valence electrons. The number of benzene rings is 2. The summed E-state index contributed by atoms with van der Waals surface area (Å²) in [5.41, 5.74) is 0.885. The van der Waals surface area contributed by atoms with Crippen LogP contribution in [-0.2, 0) is 9.59 Å². The number of rotatable bonds is 6. The number of nitrogens with zero attached hydrogens (tertiary/aromatic N) is 1. The Hall–Kier alpha value is -3.56. The van der Waals surface area contributed by atoms with Crippen molar-refractivity contribution in [3.63, 3.8) is 0 Å². The first-order chi connectivity index (χ1) is 14.1. The summed E-state index contributed by atoms with van der Waals surface area (Å²) in [6, 6.07) is 9.48. The molecule has 0 aliphatic carbocycles. The fraction of sp³-hybridized carbons (Fsp3) is 0.250. The van der Waals surface area contributed by atoms with Crippen LogP contribution in [0.5, 0.6) is 11.5 Å². The number of ketones is 1. The van der Waals surface area contributed by atoms with Gasteiger partial charge in [-0.2, -0.15) is 0 Å². The second-order valence-corrected chi connectivity index (χ2v) is 6.47. The summed E-state index contributed by atoms with van der Waals surface area (Å²) in [5, 5.41) is 2.43. The Balaban J connectivity index is 1.58. The highest BCUT2D eigenvalue weighted by Crippen LogP contribution is 2.32. The number of likely N-dealkylation sites (N-methyl/N-ethyl adjacent to an activating group) is 1. The molecule has 0 spiro atoms. The molecule has 0 fully saturated rings. The first kappa shape index (κ1) is 21.2. The van der Waals surface area contributed by atoms with Gasteiger partial charge < -0.3 is 19.7 Å². The van der Waals surface area contributed by atoms with E-state index in [0.29, 0.717) is 17.0 Å². The van der Waals surface area contributed by atoms with Gasteiger partial charge in [-0.3, -0.25) is 14.4 Å². The van der Waals surface area contributed by atoms with Crippen LogP contribution in [0.1, 0.15) is 23.2 Å². The van der Waals surface area contributed by atoms with E-state index >= 15 is 0 Å². The van der Waals surface area contributed by atoms with E-state index in [1.807, 2.05) is 0 Å². The number of hydrogen-bond donors (Lipinski definition) is 1. The van der Waals surface area contributed by atoms with Crippen LogP contribution in [0, 0.1) is 0 Å². The lowest BCUT2D eigenvalue weighted by molar-refractivity contribution is -0.274. The van der Waals surface area contributed by atoms with Gasteiger partial charge >= 0.3 is 6.36 Å². The Morgan fingerprint density at radius 2 is 1.93 bits per heavy atom. The molecule has 0 atom stereocenters. The minimum absolute atomic E-state index is 0.0772. The van der Waals surface area contributed by atoms with Crippen LogP contribution in [0.4, 0.5) is 24.5 Å². The fourth-order valence-electron chi connectivity index (χ4n) is 2.81. The third-order valence-electron chi connectivity index (χ3n) is 4.30. The maximum atomic E-state index is 12.4. The Labute approximate surface area is 169 Å². The van der Waals surface area contributed by atoms with E-state index in [-0.39, 0.29) is 36.8 Å². The normalized spacial score (nSPS) is 13.3. The summed E-state index contributed by atoms with van der Waals surface area (Å²) < 4.78 is 45.9. The van der Waals surface area contributed by atoms with E-state index in [2.05, 4.69) is 10.1 Å². The van der Waals surface area contributed by atoms with Crippen LogP contribution in [-0.4, -0.2) is 37.6 Å². The van der Waals surface area contributed by atoms with Gasteiger partial charge in [0.2, 0.25) is 5.91 Å². The average Bonchev–Trinajstić information content (AvgIpc) is 2.68. The molecule has 10 heteroatoms. The summed E-state index contributed by atoms with van der Waals surface area (Å²) >= 11 is 0. The second-order valence-electron chi connectivity index (χ2n) is 6.47. The topological polar surface area (TPSA) is 84.9 Å². The molecule has 0 aromatic heterocycles. The molecule has 2 aromatic carbocycles. The van der Waals surface area contributed by atoms with Gasteiger partial charge in [0.25, 0.3) is 5.91 Å². The predicted molar refractivity (Wildman–Crippen MR) is 101 cm³/mol. The van der Waals surface area contributed by atoms with E-state index in [1.165, 1.54) is 23.1 Å². The Bertz CT molecular complexity index is 991. The van der Waals surface area contributed by atoms with E-state index < -0.39 is 18.0 Å². The number of amides is 2. The molecule has 1 aliphatic heterocycles. The minimum atomic E-state index is -4.84. The highest BCUT2D eigenvalue weighted by Gasteiger charge is 2.31. The van der Waals surface area contributed by atoms with Crippen molar-refractivity contribution in [2.24, 2.45) is 0 Å². The number of nitrogens with one attached hydrogen (secondary N) is 1. The maximum absolute atomic E-state index is 12.4. The number of alkyl halides is 3. The van der Waals surface area contributed by atoms with E-state index in [4.69, 9.17) is 4.74 Å². The minimum Gasteiger partial charge on any atom is -0.482 e. The van der Waals surface area contributed by atoms with Gasteiger partial charge in [-0.1, -0.05) is 6.07 Å². The molecule has 0 saturated carbocycles. The summed E-state index contributed by atoms with van der Waals surface area (Å²) in [5.74, 6) is -1.10. The summed E-state index contributed by atoms with van der Waals surface area (Å²) in [6.07, 6.45) is -5.14. The number of fused-ring (bicyclic) bond motifs is 1. The Morgan fingerprint density at radius 1 is 1.17 bits per heavy atom. The fourth-order valence-corrected chi connectivity index (χ4v) is 2.81. The van der Waals surface area contributed by atoms with Crippen LogP contribution in [0.25, 0.3) is 0 Å². The van der Waals surface area contributed by atoms with Crippen molar-refractivity contribution in [2.45, 2.75) is 19.2 Å². The molecule has 2 aromatic rings. The summed E-state index contributed by atoms with van der Waals surface area (Å²) in [7, 11) is 1.57. The van der Waals surface area contributed by atoms with E-state index in [1.54, 1.807) is 19.2 Å². The molecule has 0 bridgehead atoms. The molecular formula is C20H17F3N2O5. The van der Waals surface area contributed by atoms with Crippen molar-refractivity contribution in [3.05, 3.63) is 48.0 Å². The van der Waals surface area contributed by atoms with E-state index in [9.17, 15) is 27.6 Å². The number of anilines is 2. The smallest absolute Gasteiger partial charge is 0.482 e. The second kappa shape index (κ2) is 8.44. The molecule has 3 rings (SSSR count). The van der Waals surface area contributed by atoms with Gasteiger partial charge in [-0.05, 0) is 30.3 Å². The van der Waals surface area contributed by atoms with Gasteiger partial charge in [-0.15, -0.1) is 13.2 Å². The Morgan fingerprint density at radius 3 is 2.67 bits per heavy atom. The monoisotopic (exact) mass is 422 g/mol. The number of ether oxygens (including phenoxy) is 2. The third-order valence-corrected chi connectivity index (χ3v) is 4.30. The predicted octanol–water partition coefficient (Wildman–Crippen LogP) is 3.54. The average molecular weight is 422 g/mol. The van der Waals surface area contributed by atoms with Gasteiger partial charge in [0, 0.05) is 37.2 Å². The van der Waals surface area contributed by atoms with Crippen molar-refractivity contribution >= 4 is 29.0 Å². The lowest BCUT2D eigenvalue weighted by atomic mass is 10.0. The lowest BCUT2D eigenvalue weighted by Crippen LogP contribution is -2.35. The van der Waals surface area contributed by atoms with Gasteiger partial charge in [0.1, 0.15) is 11.5 Å². The molecule has 2 amide bonds. The molecule has 0 radical (unpaired) electrons. The molecule has 0 saturated heterocycles. The largest absolute Gasteiger partial charge is 0.573 e. The molecule has 7 nitrogen and oxygen atoms in total. The zero-order valence-electron chi connectivity index (χ0n) is 15.8. The number of carbonyl (C=O) groups excluding carboxylic acids is 3. The maximum Gasteiger partial charge on any atom is 0.573 e. The zero-order chi connectivity index (χ0) is 21.9. The van der Waals surface area contributed by atoms with Crippen LogP contribution in [0.15, 0.2) is 42.5 Å². The van der Waals surface area contributed by atoms with Crippen LogP contribution in [0.2, 0.25) is 0 Å². The molecule has 1 heterocycles. The molecule has 1 aliphatic rings. The highest BCUT2D eigenvalue weighted by atomic mass is 19.4. The highest BCUT2D eigenvalue weighted by molar-refractivity contribution is 6.03. The van der Waals surface area contributed by atoms with Crippen LogP contribution in [0.3, 0.4) is 0 Å². The first-order valence-corrected chi connectivity index (χ1v) is 8.84. The van der Waals surface area contributed by atoms with Crippen molar-refractivity contribution in [1.82, 2.24) is 0 Å². The lowest BCUT2D eigenvalue weighted by Gasteiger charge is -2.26. The van der Waals surface area contributed by atoms with Crippen LogP contribution < -0.4 is 19.7 Å². The van der Waals surface area contributed by atoms with Crippen LogP contribution >= 0.6 is 0 Å². The Kier molecular flexibility index (Phi) is 5.95. The molecule has 1 N–H and O–H groups in total. The van der Waals surface area contributed by atoms with Crippen molar-refractivity contribution in [2.75, 3.05) is 23.9 Å². The SMILES string of the molecule is CN1C(=O)COc2ccc(C(=O)CCC(=O)Nc3cccc(OC(F)(F)F)c3)cc21. The quantitative estimate of drug-likeness (QED) is 0.720. The van der Waals surface area contributed by atoms with Gasteiger partial charge in [0.15, 0.2) is 12.4 Å². The number of Topliss-reactive ketones (excluding diaryl/α,β-unsaturated/α-hetero) is 1. The summed E-state index contributed by atoms with van der Waals surface area (Å²) in [6.45, 7) is -0.0772. The molecule has 0 unspecified atom stereocenters. The molecular weight excluding hydrogens is 405 g/mol. The number of carbonyl (C=O) groups is 3. The van der Waals surface area contributed by atoms with Crippen molar-refractivity contribution in [1.29, 1.82) is 0 Å². The van der Waals surface area contributed by atoms with Crippen molar-refractivity contribution in [3.8, 4) is 11.5 Å². The van der Waals surface area contributed by atoms with Gasteiger partial charge in [-0.25, -0.2) is 0 Å².